The maximum Gasteiger partial charge on any atom is 0.254 e. The van der Waals surface area contributed by atoms with Gasteiger partial charge in [-0.2, -0.15) is 9.50 Å². The number of phenolic OH excluding ortho intramolecular Hbond substituents is 1. The van der Waals surface area contributed by atoms with Gasteiger partial charge in [0.15, 0.2) is 0 Å². The molecule has 25 heavy (non-hydrogen) atoms. The van der Waals surface area contributed by atoms with Crippen molar-refractivity contribution in [3.8, 4) is 5.75 Å². The number of rotatable bonds is 5. The molecule has 0 atom stereocenters. The molecule has 0 saturated heterocycles. The first kappa shape index (κ1) is 16.7. The lowest BCUT2D eigenvalue weighted by Crippen LogP contribution is -2.28. The third kappa shape index (κ3) is 3.68. The fourth-order valence-corrected chi connectivity index (χ4v) is 2.76. The van der Waals surface area contributed by atoms with Gasteiger partial charge in [-0.25, -0.2) is 4.98 Å². The molecule has 3 aromatic rings. The fourth-order valence-electron chi connectivity index (χ4n) is 2.76. The SMILES string of the molecule is Cc1nc2nc(N)nn2c(C)c1CC(=O)NCCc1cccc(O)c1. The monoisotopic (exact) mass is 340 g/mol. The molecule has 3 rings (SSSR count). The van der Waals surface area contributed by atoms with E-state index < -0.39 is 0 Å². The van der Waals surface area contributed by atoms with E-state index in [2.05, 4.69) is 20.4 Å². The van der Waals surface area contributed by atoms with Gasteiger partial charge in [0.2, 0.25) is 11.9 Å². The highest BCUT2D eigenvalue weighted by atomic mass is 16.3. The quantitative estimate of drug-likeness (QED) is 0.636. The van der Waals surface area contributed by atoms with Gasteiger partial charge in [0.25, 0.3) is 5.78 Å². The summed E-state index contributed by atoms with van der Waals surface area (Å²) in [5, 5.41) is 16.4. The number of aromatic hydroxyl groups is 1. The van der Waals surface area contributed by atoms with Crippen LogP contribution in [0.25, 0.3) is 5.78 Å². The summed E-state index contributed by atoms with van der Waals surface area (Å²) in [6, 6.07) is 7.00. The van der Waals surface area contributed by atoms with Crippen molar-refractivity contribution in [2.45, 2.75) is 26.7 Å². The van der Waals surface area contributed by atoms with Crippen molar-refractivity contribution in [3.63, 3.8) is 0 Å². The summed E-state index contributed by atoms with van der Waals surface area (Å²) in [4.78, 5) is 20.6. The predicted molar refractivity (Wildman–Crippen MR) is 93.2 cm³/mol. The van der Waals surface area contributed by atoms with Crippen molar-refractivity contribution < 1.29 is 9.90 Å². The summed E-state index contributed by atoms with van der Waals surface area (Å²) in [5.74, 6) is 0.713. The minimum atomic E-state index is -0.0967. The molecule has 8 nitrogen and oxygen atoms in total. The summed E-state index contributed by atoms with van der Waals surface area (Å²) in [7, 11) is 0. The molecule has 130 valence electrons. The summed E-state index contributed by atoms with van der Waals surface area (Å²) >= 11 is 0. The van der Waals surface area contributed by atoms with Crippen molar-refractivity contribution in [2.24, 2.45) is 0 Å². The molecule has 2 aromatic heterocycles. The summed E-state index contributed by atoms with van der Waals surface area (Å²) in [6.07, 6.45) is 0.857. The number of aromatic nitrogens is 4. The number of nitrogens with two attached hydrogens (primary N) is 1. The number of carbonyl (C=O) groups is 1. The van der Waals surface area contributed by atoms with Crippen LogP contribution >= 0.6 is 0 Å². The van der Waals surface area contributed by atoms with E-state index in [0.29, 0.717) is 18.7 Å². The van der Waals surface area contributed by atoms with Crippen LogP contribution in [0.1, 0.15) is 22.5 Å². The molecule has 0 fully saturated rings. The lowest BCUT2D eigenvalue weighted by molar-refractivity contribution is -0.120. The highest BCUT2D eigenvalue weighted by Crippen LogP contribution is 2.15. The van der Waals surface area contributed by atoms with Gasteiger partial charge in [0.05, 0.1) is 6.42 Å². The van der Waals surface area contributed by atoms with Crippen LogP contribution in [0.5, 0.6) is 5.75 Å². The maximum atomic E-state index is 12.3. The van der Waals surface area contributed by atoms with E-state index in [1.165, 1.54) is 0 Å². The Labute approximate surface area is 144 Å². The fraction of sp³-hybridized carbons (Fsp3) is 0.294. The molecule has 0 aliphatic heterocycles. The Morgan fingerprint density at radius 2 is 2.12 bits per heavy atom. The van der Waals surface area contributed by atoms with Crippen molar-refractivity contribution in [1.82, 2.24) is 24.9 Å². The van der Waals surface area contributed by atoms with Crippen LogP contribution in [-0.2, 0) is 17.6 Å². The van der Waals surface area contributed by atoms with Gasteiger partial charge in [-0.3, -0.25) is 4.79 Å². The van der Waals surface area contributed by atoms with E-state index in [1.54, 1.807) is 22.7 Å². The van der Waals surface area contributed by atoms with Gasteiger partial charge in [-0.15, -0.1) is 5.10 Å². The Morgan fingerprint density at radius 3 is 2.88 bits per heavy atom. The van der Waals surface area contributed by atoms with Crippen LogP contribution in [0.2, 0.25) is 0 Å². The van der Waals surface area contributed by atoms with E-state index in [-0.39, 0.29) is 24.0 Å². The van der Waals surface area contributed by atoms with Gasteiger partial charge in [0, 0.05) is 23.5 Å². The largest absolute Gasteiger partial charge is 0.508 e. The zero-order valence-electron chi connectivity index (χ0n) is 14.2. The van der Waals surface area contributed by atoms with E-state index in [1.807, 2.05) is 19.9 Å². The number of benzene rings is 1. The normalized spacial score (nSPS) is 11.0. The highest BCUT2D eigenvalue weighted by Gasteiger charge is 2.15. The molecule has 8 heteroatoms. The first-order valence-electron chi connectivity index (χ1n) is 7.97. The third-order valence-corrected chi connectivity index (χ3v) is 4.05. The maximum absolute atomic E-state index is 12.3. The van der Waals surface area contributed by atoms with Gasteiger partial charge >= 0.3 is 0 Å². The lowest BCUT2D eigenvalue weighted by Gasteiger charge is -2.11. The average Bonchev–Trinajstić information content (AvgIpc) is 2.92. The number of anilines is 1. The van der Waals surface area contributed by atoms with Crippen LogP contribution in [0.3, 0.4) is 0 Å². The van der Waals surface area contributed by atoms with Gasteiger partial charge in [0.1, 0.15) is 5.75 Å². The number of phenols is 1. The van der Waals surface area contributed by atoms with Gasteiger partial charge in [-0.1, -0.05) is 12.1 Å². The summed E-state index contributed by atoms with van der Waals surface area (Å²) in [5.41, 5.74) is 8.93. The smallest absolute Gasteiger partial charge is 0.254 e. The number of amides is 1. The number of fused-ring (bicyclic) bond motifs is 1. The summed E-state index contributed by atoms with van der Waals surface area (Å²) in [6.45, 7) is 4.20. The average molecular weight is 340 g/mol. The number of nitrogens with zero attached hydrogens (tertiary/aromatic N) is 4. The standard InChI is InChI=1S/C17H20N6O2/c1-10-14(11(2)23-17(20-10)21-16(18)22-23)9-15(25)19-7-6-12-4-3-5-13(24)8-12/h3-5,8,24H,6-7,9H2,1-2H3,(H2,18,22)(H,19,25). The molecule has 0 spiro atoms. The molecule has 2 heterocycles. The predicted octanol–water partition coefficient (Wildman–Crippen LogP) is 0.930. The van der Waals surface area contributed by atoms with Crippen LogP contribution in [0.15, 0.2) is 24.3 Å². The molecular formula is C17H20N6O2. The number of nitrogens with one attached hydrogen (secondary N) is 1. The Bertz CT molecular complexity index is 934. The molecule has 0 radical (unpaired) electrons. The molecular weight excluding hydrogens is 320 g/mol. The minimum Gasteiger partial charge on any atom is -0.508 e. The second-order valence-corrected chi connectivity index (χ2v) is 5.89. The molecule has 0 aliphatic carbocycles. The summed E-state index contributed by atoms with van der Waals surface area (Å²) < 4.78 is 1.55. The van der Waals surface area contributed by atoms with E-state index in [4.69, 9.17) is 5.73 Å². The van der Waals surface area contributed by atoms with Gasteiger partial charge < -0.3 is 16.2 Å². The zero-order valence-corrected chi connectivity index (χ0v) is 14.2. The van der Waals surface area contributed by atoms with Crippen molar-refractivity contribution in [1.29, 1.82) is 0 Å². The Balaban J connectivity index is 1.65. The Morgan fingerprint density at radius 1 is 1.32 bits per heavy atom. The van der Waals surface area contributed by atoms with Gasteiger partial charge in [-0.05, 0) is 38.0 Å². The minimum absolute atomic E-state index is 0.0967. The van der Waals surface area contributed by atoms with Crippen molar-refractivity contribution >= 4 is 17.6 Å². The molecule has 0 unspecified atom stereocenters. The first-order valence-corrected chi connectivity index (χ1v) is 7.97. The van der Waals surface area contributed by atoms with Crippen LogP contribution in [0, 0.1) is 13.8 Å². The second kappa shape index (κ2) is 6.76. The molecule has 0 bridgehead atoms. The van der Waals surface area contributed by atoms with Crippen molar-refractivity contribution in [2.75, 3.05) is 12.3 Å². The Hall–Kier alpha value is -3.16. The zero-order chi connectivity index (χ0) is 18.0. The van der Waals surface area contributed by atoms with Crippen LogP contribution in [0.4, 0.5) is 5.95 Å². The van der Waals surface area contributed by atoms with E-state index in [9.17, 15) is 9.90 Å². The molecule has 1 aromatic carbocycles. The van der Waals surface area contributed by atoms with Crippen LogP contribution in [-0.4, -0.2) is 37.1 Å². The lowest BCUT2D eigenvalue weighted by atomic mass is 10.1. The molecule has 1 amide bonds. The third-order valence-electron chi connectivity index (χ3n) is 4.05. The Kier molecular flexibility index (Phi) is 4.51. The van der Waals surface area contributed by atoms with E-state index >= 15 is 0 Å². The molecule has 0 saturated carbocycles. The number of hydrogen-bond donors (Lipinski definition) is 3. The van der Waals surface area contributed by atoms with Crippen molar-refractivity contribution in [3.05, 3.63) is 46.8 Å². The highest BCUT2D eigenvalue weighted by molar-refractivity contribution is 5.79. The number of aryl methyl sites for hydroxylation is 2. The van der Waals surface area contributed by atoms with E-state index in [0.717, 1.165) is 22.5 Å². The second-order valence-electron chi connectivity index (χ2n) is 5.89. The number of nitrogen functional groups attached to an aromatic ring is 1. The molecule has 4 N–H and O–H groups in total. The number of hydrogen-bond acceptors (Lipinski definition) is 6. The molecule has 0 aliphatic rings. The number of carbonyl (C=O) groups excluding carboxylic acids is 1. The van der Waals surface area contributed by atoms with Crippen LogP contribution < -0.4 is 11.1 Å². The topological polar surface area (TPSA) is 118 Å². The first-order chi connectivity index (χ1) is 11.9.